The molecule has 0 aromatic carbocycles. The lowest BCUT2D eigenvalue weighted by Gasteiger charge is -2.08. The lowest BCUT2D eigenvalue weighted by Crippen LogP contribution is -2.10. The first-order valence-corrected chi connectivity index (χ1v) is 4.39. The minimum Gasteiger partial charge on any atom is -0.496 e. The van der Waals surface area contributed by atoms with Crippen LogP contribution in [0.25, 0.3) is 0 Å². The van der Waals surface area contributed by atoms with Gasteiger partial charge in [0.1, 0.15) is 5.75 Å². The molecule has 0 saturated carbocycles. The Balaban J connectivity index is 3.38. The van der Waals surface area contributed by atoms with E-state index in [0.29, 0.717) is 0 Å². The summed E-state index contributed by atoms with van der Waals surface area (Å²) in [5.74, 6) is -0.0804. The molecule has 6 heteroatoms. The number of methoxy groups -OCH3 is 1. The maximum Gasteiger partial charge on any atom is 0.269 e. The number of pyridine rings is 1. The molecule has 72 valence electrons. The molecule has 0 aliphatic heterocycles. The summed E-state index contributed by atoms with van der Waals surface area (Å²) in [6.07, 6.45) is -2.65. The zero-order valence-corrected chi connectivity index (χ0v) is 8.76. The van der Waals surface area contributed by atoms with E-state index in [4.69, 9.17) is 0 Å². The molecule has 13 heavy (non-hydrogen) atoms. The van der Waals surface area contributed by atoms with Crippen LogP contribution in [-0.4, -0.2) is 12.1 Å². The number of aromatic nitrogens is 1. The first-order chi connectivity index (χ1) is 6.06. The second-order valence-corrected chi connectivity index (χ2v) is 3.31. The number of rotatable bonds is 2. The number of H-pyrrole nitrogens is 1. The minimum absolute atomic E-state index is 0.0804. The molecule has 0 unspecified atom stereocenters. The number of aromatic amines is 1. The van der Waals surface area contributed by atoms with Crippen molar-refractivity contribution in [1.82, 2.24) is 4.98 Å². The highest BCUT2D eigenvalue weighted by molar-refractivity contribution is 14.1. The van der Waals surface area contributed by atoms with Crippen molar-refractivity contribution in [3.8, 4) is 5.75 Å². The van der Waals surface area contributed by atoms with Gasteiger partial charge in [-0.3, -0.25) is 4.79 Å². The Kier molecular flexibility index (Phi) is 3.23. The monoisotopic (exact) mass is 301 g/mol. The quantitative estimate of drug-likeness (QED) is 0.670. The van der Waals surface area contributed by atoms with Crippen molar-refractivity contribution >= 4 is 22.6 Å². The second-order valence-electron chi connectivity index (χ2n) is 2.23. The zero-order valence-electron chi connectivity index (χ0n) is 6.61. The van der Waals surface area contributed by atoms with E-state index >= 15 is 0 Å². The summed E-state index contributed by atoms with van der Waals surface area (Å²) in [4.78, 5) is 13.1. The Hall–Kier alpha value is -0.660. The van der Waals surface area contributed by atoms with Crippen molar-refractivity contribution in [2.75, 3.05) is 7.11 Å². The van der Waals surface area contributed by atoms with E-state index in [1.165, 1.54) is 7.11 Å². The van der Waals surface area contributed by atoms with Crippen molar-refractivity contribution in [2.24, 2.45) is 0 Å². The number of hydrogen-bond donors (Lipinski definition) is 1. The first-order valence-electron chi connectivity index (χ1n) is 3.31. The van der Waals surface area contributed by atoms with Gasteiger partial charge in [-0.1, -0.05) is 0 Å². The number of nitrogens with one attached hydrogen (secondary N) is 1. The van der Waals surface area contributed by atoms with Crippen molar-refractivity contribution in [3.63, 3.8) is 0 Å². The summed E-state index contributed by atoms with van der Waals surface area (Å²) >= 11 is 1.63. The van der Waals surface area contributed by atoms with Crippen LogP contribution in [0.1, 0.15) is 12.0 Å². The summed E-state index contributed by atoms with van der Waals surface area (Å²) in [6, 6.07) is 1.00. The van der Waals surface area contributed by atoms with Gasteiger partial charge < -0.3 is 9.72 Å². The molecular formula is C7H6F2INO2. The van der Waals surface area contributed by atoms with E-state index in [-0.39, 0.29) is 15.0 Å². The fourth-order valence-corrected chi connectivity index (χ4v) is 1.66. The van der Waals surface area contributed by atoms with Crippen LogP contribution in [0.5, 0.6) is 5.75 Å². The molecule has 3 nitrogen and oxygen atoms in total. The molecule has 0 amide bonds. The van der Waals surface area contributed by atoms with Crippen molar-refractivity contribution in [2.45, 2.75) is 6.43 Å². The average molecular weight is 301 g/mol. The molecule has 0 aliphatic carbocycles. The van der Waals surface area contributed by atoms with Crippen molar-refractivity contribution in [1.29, 1.82) is 0 Å². The second kappa shape index (κ2) is 4.03. The van der Waals surface area contributed by atoms with Crippen LogP contribution < -0.4 is 10.3 Å². The van der Waals surface area contributed by atoms with E-state index in [1.807, 2.05) is 0 Å². The molecule has 1 N–H and O–H groups in total. The summed E-state index contributed by atoms with van der Waals surface area (Å²) in [7, 11) is 1.25. The van der Waals surface area contributed by atoms with E-state index < -0.39 is 12.0 Å². The van der Waals surface area contributed by atoms with Gasteiger partial charge in [-0.15, -0.1) is 0 Å². The molecule has 1 aromatic rings. The smallest absolute Gasteiger partial charge is 0.269 e. The summed E-state index contributed by atoms with van der Waals surface area (Å²) < 4.78 is 29.6. The van der Waals surface area contributed by atoms with Crippen LogP contribution in [0.4, 0.5) is 8.78 Å². The molecule has 0 atom stereocenters. The van der Waals surface area contributed by atoms with Gasteiger partial charge in [0.25, 0.3) is 12.0 Å². The molecule has 1 aromatic heterocycles. The van der Waals surface area contributed by atoms with E-state index in [2.05, 4.69) is 9.72 Å². The zero-order chi connectivity index (χ0) is 10.0. The van der Waals surface area contributed by atoms with Crippen LogP contribution >= 0.6 is 22.6 Å². The highest BCUT2D eigenvalue weighted by Gasteiger charge is 2.18. The van der Waals surface area contributed by atoms with Gasteiger partial charge in [0, 0.05) is 6.07 Å². The third kappa shape index (κ3) is 2.17. The Morgan fingerprint density at radius 1 is 1.62 bits per heavy atom. The molecule has 1 rings (SSSR count). The number of ether oxygens (including phenoxy) is 1. The van der Waals surface area contributed by atoms with Gasteiger partial charge in [-0.2, -0.15) is 0 Å². The number of alkyl halides is 2. The predicted molar refractivity (Wildman–Crippen MR) is 51.3 cm³/mol. The third-order valence-electron chi connectivity index (χ3n) is 1.44. The van der Waals surface area contributed by atoms with Crippen LogP contribution in [0.15, 0.2) is 10.9 Å². The Morgan fingerprint density at radius 3 is 2.69 bits per heavy atom. The van der Waals surface area contributed by atoms with Gasteiger partial charge in [-0.25, -0.2) is 8.78 Å². The maximum absolute atomic E-state index is 12.4. The van der Waals surface area contributed by atoms with Gasteiger partial charge in [-0.05, 0) is 22.6 Å². The van der Waals surface area contributed by atoms with E-state index in [1.54, 1.807) is 22.6 Å². The number of halogens is 3. The van der Waals surface area contributed by atoms with Crippen molar-refractivity contribution in [3.05, 3.63) is 25.7 Å². The van der Waals surface area contributed by atoms with E-state index in [9.17, 15) is 13.6 Å². The largest absolute Gasteiger partial charge is 0.496 e. The SMILES string of the molecule is COc1cc(=O)[nH]c(I)c1C(F)F. The standard InChI is InChI=1S/C7H6F2INO2/c1-13-3-2-4(12)11-7(10)5(3)6(8)9/h2,6H,1H3,(H,11,12). The minimum atomic E-state index is -2.65. The van der Waals surface area contributed by atoms with Gasteiger partial charge in [0.2, 0.25) is 0 Å². The van der Waals surface area contributed by atoms with Crippen LogP contribution in [-0.2, 0) is 0 Å². The first kappa shape index (κ1) is 10.4. The third-order valence-corrected chi connectivity index (χ3v) is 2.29. The highest BCUT2D eigenvalue weighted by atomic mass is 127. The summed E-state index contributed by atoms with van der Waals surface area (Å²) in [5.41, 5.74) is -0.728. The Bertz CT molecular complexity index is 364. The van der Waals surface area contributed by atoms with Gasteiger partial charge >= 0.3 is 0 Å². The molecule has 0 bridgehead atoms. The van der Waals surface area contributed by atoms with Crippen LogP contribution in [0.3, 0.4) is 0 Å². The molecule has 0 aliphatic rings. The van der Waals surface area contributed by atoms with Crippen molar-refractivity contribution < 1.29 is 13.5 Å². The Morgan fingerprint density at radius 2 is 2.23 bits per heavy atom. The fourth-order valence-electron chi connectivity index (χ4n) is 0.889. The Labute approximate surface area is 86.2 Å². The van der Waals surface area contributed by atoms with Gasteiger partial charge in [0.05, 0.1) is 16.4 Å². The molecule has 0 fully saturated rings. The van der Waals surface area contributed by atoms with Crippen LogP contribution in [0, 0.1) is 3.70 Å². The molecule has 1 heterocycles. The molecule has 0 saturated heterocycles. The molecule has 0 radical (unpaired) electrons. The molecule has 0 spiro atoms. The maximum atomic E-state index is 12.4. The summed E-state index contributed by atoms with van der Waals surface area (Å²) in [6.45, 7) is 0. The lowest BCUT2D eigenvalue weighted by atomic mass is 10.3. The van der Waals surface area contributed by atoms with Crippen LogP contribution in [0.2, 0.25) is 0 Å². The average Bonchev–Trinajstić information content (AvgIpc) is 2.01. The lowest BCUT2D eigenvalue weighted by molar-refractivity contribution is 0.145. The van der Waals surface area contributed by atoms with E-state index in [0.717, 1.165) is 6.07 Å². The fraction of sp³-hybridized carbons (Fsp3) is 0.286. The normalized spacial score (nSPS) is 10.5. The highest BCUT2D eigenvalue weighted by Crippen LogP contribution is 2.30. The van der Waals surface area contributed by atoms with Gasteiger partial charge in [0.15, 0.2) is 0 Å². The number of hydrogen-bond acceptors (Lipinski definition) is 2. The predicted octanol–water partition coefficient (Wildman–Crippen LogP) is 1.93. The molecular weight excluding hydrogens is 295 g/mol. The topological polar surface area (TPSA) is 42.1 Å². The summed E-state index contributed by atoms with van der Waals surface area (Å²) in [5, 5.41) is 0.